The molecule has 1 aromatic heterocycles. The molecule has 4 aliphatic heterocycles. The lowest BCUT2D eigenvalue weighted by Crippen LogP contribution is -2.54. The number of thioether (sulfide) groups is 1. The molecular formula is C27H39N7O6S2. The van der Waals surface area contributed by atoms with Gasteiger partial charge in [-0.25, -0.2) is 9.78 Å². The number of carbonyl (C=O) groups excluding carboxylic acids is 4. The van der Waals surface area contributed by atoms with Crippen LogP contribution in [-0.4, -0.2) is 106 Å². The van der Waals surface area contributed by atoms with Crippen molar-refractivity contribution in [2.75, 3.05) is 26.5 Å². The van der Waals surface area contributed by atoms with E-state index in [1.807, 2.05) is 27.7 Å². The summed E-state index contributed by atoms with van der Waals surface area (Å²) in [5.41, 5.74) is -0.911. The minimum atomic E-state index is -1.12. The van der Waals surface area contributed by atoms with Crippen LogP contribution in [0.15, 0.2) is 10.4 Å². The first-order chi connectivity index (χ1) is 20.0. The lowest BCUT2D eigenvalue weighted by molar-refractivity contribution is -0.126. The lowest BCUT2D eigenvalue weighted by atomic mass is 9.99. The molecule has 13 nitrogen and oxygen atoms in total. The van der Waals surface area contributed by atoms with Gasteiger partial charge in [0.2, 0.25) is 11.8 Å². The molecule has 0 spiro atoms. The third kappa shape index (κ3) is 5.51. The summed E-state index contributed by atoms with van der Waals surface area (Å²) in [5.74, 6) is -0.320. The van der Waals surface area contributed by atoms with Gasteiger partial charge in [-0.15, -0.1) is 23.1 Å². The Kier molecular flexibility index (Phi) is 8.84. The van der Waals surface area contributed by atoms with Crippen molar-refractivity contribution in [3.05, 3.63) is 16.1 Å². The number of rotatable bonds is 3. The van der Waals surface area contributed by atoms with E-state index < -0.39 is 24.0 Å². The molecule has 0 saturated carbocycles. The van der Waals surface area contributed by atoms with Gasteiger partial charge in [0.15, 0.2) is 11.9 Å². The van der Waals surface area contributed by atoms with Crippen LogP contribution in [0.4, 0.5) is 4.79 Å². The highest BCUT2D eigenvalue weighted by Gasteiger charge is 2.64. The lowest BCUT2D eigenvalue weighted by Gasteiger charge is -2.33. The summed E-state index contributed by atoms with van der Waals surface area (Å²) in [6, 6.07) is -2.22. The van der Waals surface area contributed by atoms with Crippen molar-refractivity contribution >= 4 is 51.9 Å². The molecule has 15 heteroatoms. The number of ether oxygens (including phenoxy) is 2. The molecule has 2 unspecified atom stereocenters. The number of carbonyl (C=O) groups is 4. The fraction of sp³-hybridized carbons (Fsp3) is 0.704. The van der Waals surface area contributed by atoms with Crippen LogP contribution in [0.5, 0.6) is 0 Å². The summed E-state index contributed by atoms with van der Waals surface area (Å²) in [5, 5.41) is 11.9. The van der Waals surface area contributed by atoms with Gasteiger partial charge in [0.05, 0.1) is 36.3 Å². The number of nitrogens with one attached hydrogen (secondary N) is 3. The maximum atomic E-state index is 14.2. The first-order valence-electron chi connectivity index (χ1n) is 14.3. The van der Waals surface area contributed by atoms with Crippen LogP contribution in [0.1, 0.15) is 68.5 Å². The molecule has 8 atom stereocenters. The Hall–Kier alpha value is -2.75. The van der Waals surface area contributed by atoms with Crippen molar-refractivity contribution in [2.45, 2.75) is 89.1 Å². The Balaban J connectivity index is 1.55. The highest BCUT2D eigenvalue weighted by atomic mass is 32.2. The van der Waals surface area contributed by atoms with Crippen molar-refractivity contribution in [2.24, 2.45) is 10.9 Å². The minimum absolute atomic E-state index is 0.0632. The average molecular weight is 622 g/mol. The van der Waals surface area contributed by atoms with Crippen LogP contribution in [0.3, 0.4) is 0 Å². The van der Waals surface area contributed by atoms with Gasteiger partial charge in [0, 0.05) is 37.8 Å². The van der Waals surface area contributed by atoms with Crippen LogP contribution >= 0.6 is 23.1 Å². The monoisotopic (exact) mass is 621 g/mol. The molecule has 0 aromatic carbocycles. The Morgan fingerprint density at radius 2 is 1.98 bits per heavy atom. The number of methoxy groups -OCH3 is 1. The number of hydrogen-bond acceptors (Lipinski definition) is 10. The maximum Gasteiger partial charge on any atom is 0.321 e. The van der Waals surface area contributed by atoms with E-state index in [0.717, 1.165) is 6.42 Å². The van der Waals surface area contributed by atoms with Crippen LogP contribution in [-0.2, 0) is 19.1 Å². The summed E-state index contributed by atoms with van der Waals surface area (Å²) in [6.45, 7) is 7.99. The molecule has 4 bridgehead atoms. The molecule has 2 saturated heterocycles. The van der Waals surface area contributed by atoms with E-state index in [9.17, 15) is 19.2 Å². The number of nitrogens with zero attached hydrogens (tertiary/aromatic N) is 4. The fourth-order valence-corrected chi connectivity index (χ4v) is 7.98. The smallest absolute Gasteiger partial charge is 0.321 e. The number of hydrogen-bond donors (Lipinski definition) is 3. The first kappa shape index (κ1) is 30.7. The molecule has 4 aliphatic rings. The van der Waals surface area contributed by atoms with E-state index in [2.05, 4.69) is 16.0 Å². The Morgan fingerprint density at radius 1 is 1.21 bits per heavy atom. The van der Waals surface area contributed by atoms with Crippen molar-refractivity contribution in [3.63, 3.8) is 0 Å². The number of aromatic nitrogens is 1. The second-order valence-electron chi connectivity index (χ2n) is 11.4. The topological polar surface area (TPSA) is 155 Å². The number of fused-ring (bicyclic) bond motifs is 7. The van der Waals surface area contributed by atoms with E-state index in [1.165, 1.54) is 35.1 Å². The quantitative estimate of drug-likeness (QED) is 0.461. The average Bonchev–Trinajstić information content (AvgIpc) is 3.74. The largest absolute Gasteiger partial charge is 0.376 e. The Bertz CT molecular complexity index is 1280. The molecule has 0 aliphatic carbocycles. The van der Waals surface area contributed by atoms with E-state index in [-0.39, 0.29) is 73.0 Å². The molecular weight excluding hydrogens is 582 g/mol. The number of thiazole rings is 1. The number of likely N-dealkylation sites (N-methyl/N-ethyl adjacent to an activating group) is 1. The van der Waals surface area contributed by atoms with Gasteiger partial charge in [-0.3, -0.25) is 24.3 Å². The van der Waals surface area contributed by atoms with Gasteiger partial charge in [-0.1, -0.05) is 20.3 Å². The molecule has 5 heterocycles. The molecule has 5 amide bonds. The van der Waals surface area contributed by atoms with Crippen LogP contribution in [0, 0.1) is 5.92 Å². The molecule has 0 radical (unpaired) electrons. The number of amides is 5. The van der Waals surface area contributed by atoms with E-state index in [4.69, 9.17) is 19.5 Å². The standard InChI is InChI=1S/C27H39N7O6S2/c1-7-13(2)20-23-30-17(12-42-23)24(37)34-18(9-27(39-6)25(34)32-26(38)33(27)5)22-29-16(11-41-22)21(36)28-14(3)10-40-15(4)8-19(35)31-20/h12-16,18,20,25H,7-11H2,1-6H3,(H,28,36)(H,31,35)(H,32,38)/t13-,14-,15?,16?,18-,20-,25-,27-/m0/s1. The van der Waals surface area contributed by atoms with Gasteiger partial charge >= 0.3 is 6.03 Å². The van der Waals surface area contributed by atoms with Gasteiger partial charge in [0.1, 0.15) is 16.7 Å². The third-order valence-corrected chi connectivity index (χ3v) is 10.6. The fourth-order valence-electron chi connectivity index (χ4n) is 5.86. The van der Waals surface area contributed by atoms with Crippen LogP contribution in [0.2, 0.25) is 0 Å². The van der Waals surface area contributed by atoms with Crippen molar-refractivity contribution in [1.82, 2.24) is 30.7 Å². The van der Waals surface area contributed by atoms with Gasteiger partial charge < -0.3 is 30.3 Å². The highest BCUT2D eigenvalue weighted by Crippen LogP contribution is 2.44. The predicted molar refractivity (Wildman–Crippen MR) is 158 cm³/mol. The zero-order chi connectivity index (χ0) is 30.3. The number of aliphatic imine (C=N–C) groups is 1. The first-order valence-corrected chi connectivity index (χ1v) is 16.1. The van der Waals surface area contributed by atoms with E-state index in [0.29, 0.717) is 15.8 Å². The second-order valence-corrected chi connectivity index (χ2v) is 13.4. The van der Waals surface area contributed by atoms with Gasteiger partial charge in [-0.05, 0) is 19.8 Å². The van der Waals surface area contributed by atoms with Crippen molar-refractivity contribution in [3.8, 4) is 0 Å². The SMILES string of the molecule is CC[C@H](C)[C@@H]1NC(=O)CC(C)OC[C@H](C)NC(=O)C2CSC(=N2)[C@@H]2C[C@]3(OC)[C@@H](NC(=O)N3C)N2C(=O)c2csc1n2. The zero-order valence-corrected chi connectivity index (χ0v) is 26.3. The van der Waals surface area contributed by atoms with Gasteiger partial charge in [-0.2, -0.15) is 0 Å². The number of urea groups is 1. The minimum Gasteiger partial charge on any atom is -0.376 e. The third-order valence-electron chi connectivity index (χ3n) is 8.54. The Morgan fingerprint density at radius 3 is 2.69 bits per heavy atom. The molecule has 230 valence electrons. The molecule has 5 rings (SSSR count). The predicted octanol–water partition coefficient (Wildman–Crippen LogP) is 1.71. The van der Waals surface area contributed by atoms with Crippen LogP contribution < -0.4 is 16.0 Å². The van der Waals surface area contributed by atoms with Gasteiger partial charge in [0.25, 0.3) is 5.91 Å². The second kappa shape index (κ2) is 12.1. The summed E-state index contributed by atoms with van der Waals surface area (Å²) in [7, 11) is 3.15. The molecule has 3 N–H and O–H groups in total. The maximum absolute atomic E-state index is 14.2. The van der Waals surface area contributed by atoms with Crippen molar-refractivity contribution < 1.29 is 28.7 Å². The summed E-state index contributed by atoms with van der Waals surface area (Å²) < 4.78 is 11.8. The van der Waals surface area contributed by atoms with E-state index in [1.54, 1.807) is 17.3 Å². The van der Waals surface area contributed by atoms with Crippen molar-refractivity contribution in [1.29, 1.82) is 0 Å². The zero-order valence-electron chi connectivity index (χ0n) is 24.7. The Labute approximate surface area is 253 Å². The highest BCUT2D eigenvalue weighted by molar-refractivity contribution is 8.14. The summed E-state index contributed by atoms with van der Waals surface area (Å²) in [6.07, 6.45) is 0.0512. The summed E-state index contributed by atoms with van der Waals surface area (Å²) in [4.78, 5) is 65.7. The molecule has 2 fully saturated rings. The van der Waals surface area contributed by atoms with Crippen LogP contribution in [0.25, 0.3) is 0 Å². The van der Waals surface area contributed by atoms with E-state index >= 15 is 0 Å². The normalized spacial score (nSPS) is 34.9. The summed E-state index contributed by atoms with van der Waals surface area (Å²) >= 11 is 2.75. The molecule has 1 aromatic rings. The molecule has 42 heavy (non-hydrogen) atoms.